The van der Waals surface area contributed by atoms with Gasteiger partial charge in [-0.25, -0.2) is 0 Å². The Hall–Kier alpha value is -2.89. The third-order valence-electron chi connectivity index (χ3n) is 3.14. The van der Waals surface area contributed by atoms with Gasteiger partial charge in [-0.3, -0.25) is 9.59 Å². The van der Waals surface area contributed by atoms with Crippen LogP contribution in [0.25, 0.3) is 0 Å². The number of carbonyl (C=O) groups is 2. The van der Waals surface area contributed by atoms with Crippen molar-refractivity contribution in [3.8, 4) is 12.1 Å². The fourth-order valence-corrected chi connectivity index (χ4v) is 2.67. The first kappa shape index (κ1) is 16.5. The zero-order valence-corrected chi connectivity index (χ0v) is 13.0. The average molecular weight is 320 g/mol. The monoisotopic (exact) mass is 320 g/mol. The molecule has 2 aromatic carbocycles. The molecule has 0 atom stereocenters. The second kappa shape index (κ2) is 7.93. The van der Waals surface area contributed by atoms with Crippen LogP contribution >= 0.6 is 11.8 Å². The largest absolute Gasteiger partial charge is 0.293 e. The van der Waals surface area contributed by atoms with Crippen LogP contribution in [0.15, 0.2) is 48.5 Å². The van der Waals surface area contributed by atoms with Crippen molar-refractivity contribution in [2.45, 2.75) is 0 Å². The molecule has 0 heterocycles. The SMILES string of the molecule is N#Cc1ccc(C(=O)CSCC(=O)c2ccc(C#N)cc2)cc1. The minimum Gasteiger partial charge on any atom is -0.293 e. The zero-order valence-electron chi connectivity index (χ0n) is 12.2. The summed E-state index contributed by atoms with van der Waals surface area (Å²) in [5.74, 6) is 0.251. The summed E-state index contributed by atoms with van der Waals surface area (Å²) in [6, 6.07) is 16.8. The van der Waals surface area contributed by atoms with Crippen LogP contribution in [-0.4, -0.2) is 23.1 Å². The molecule has 0 aliphatic rings. The lowest BCUT2D eigenvalue weighted by Gasteiger charge is -2.02. The van der Waals surface area contributed by atoms with E-state index >= 15 is 0 Å². The molecule has 0 N–H and O–H groups in total. The van der Waals surface area contributed by atoms with Crippen LogP contribution in [0, 0.1) is 22.7 Å². The Bertz CT molecular complexity index is 727. The molecule has 5 heteroatoms. The van der Waals surface area contributed by atoms with Crippen LogP contribution in [-0.2, 0) is 0 Å². The topological polar surface area (TPSA) is 81.7 Å². The van der Waals surface area contributed by atoms with Gasteiger partial charge in [0, 0.05) is 11.1 Å². The summed E-state index contributed by atoms with van der Waals surface area (Å²) in [6.45, 7) is 0. The molecule has 0 saturated carbocycles. The van der Waals surface area contributed by atoms with Crippen molar-refractivity contribution < 1.29 is 9.59 Å². The number of ketones is 2. The number of benzene rings is 2. The molecule has 0 saturated heterocycles. The van der Waals surface area contributed by atoms with Gasteiger partial charge in [0.2, 0.25) is 0 Å². The first-order chi connectivity index (χ1) is 11.1. The first-order valence-corrected chi connectivity index (χ1v) is 7.94. The number of carbonyl (C=O) groups excluding carboxylic acids is 2. The molecule has 2 aromatic rings. The highest BCUT2D eigenvalue weighted by Gasteiger charge is 2.10. The minimum absolute atomic E-state index is 0.0767. The van der Waals surface area contributed by atoms with Crippen molar-refractivity contribution >= 4 is 23.3 Å². The normalized spacial score (nSPS) is 9.65. The molecule has 0 bridgehead atoms. The standard InChI is InChI=1S/C18H12N2O2S/c19-9-13-1-5-15(6-2-13)17(21)11-23-12-18(22)16-7-3-14(10-20)4-8-16/h1-8H,11-12H2. The van der Waals surface area contributed by atoms with Gasteiger partial charge < -0.3 is 0 Å². The molecule has 0 aromatic heterocycles. The Kier molecular flexibility index (Phi) is 5.68. The fraction of sp³-hybridized carbons (Fsp3) is 0.111. The van der Waals surface area contributed by atoms with Gasteiger partial charge in [-0.1, -0.05) is 24.3 Å². The molecule has 0 aliphatic carbocycles. The van der Waals surface area contributed by atoms with E-state index in [1.807, 2.05) is 12.1 Å². The Morgan fingerprint density at radius 1 is 0.739 bits per heavy atom. The van der Waals surface area contributed by atoms with Gasteiger partial charge in [0.25, 0.3) is 0 Å². The maximum absolute atomic E-state index is 12.0. The second-order valence-corrected chi connectivity index (χ2v) is 5.70. The summed E-state index contributed by atoms with van der Waals surface area (Å²) >= 11 is 1.25. The van der Waals surface area contributed by atoms with Gasteiger partial charge in [-0.2, -0.15) is 10.5 Å². The molecular weight excluding hydrogens is 308 g/mol. The Morgan fingerprint density at radius 3 is 1.39 bits per heavy atom. The zero-order chi connectivity index (χ0) is 16.7. The number of hydrogen-bond donors (Lipinski definition) is 0. The minimum atomic E-state index is -0.0767. The van der Waals surface area contributed by atoms with E-state index in [2.05, 4.69) is 0 Å². The quantitative estimate of drug-likeness (QED) is 0.763. The maximum atomic E-state index is 12.0. The number of rotatable bonds is 6. The molecule has 0 amide bonds. The summed E-state index contributed by atoms with van der Waals surface area (Å²) in [7, 11) is 0. The Labute approximate surface area is 138 Å². The van der Waals surface area contributed by atoms with Gasteiger partial charge in [-0.15, -0.1) is 11.8 Å². The van der Waals surface area contributed by atoms with Crippen LogP contribution < -0.4 is 0 Å². The molecule has 4 nitrogen and oxygen atoms in total. The lowest BCUT2D eigenvalue weighted by Crippen LogP contribution is -2.07. The van der Waals surface area contributed by atoms with E-state index in [-0.39, 0.29) is 23.1 Å². The van der Waals surface area contributed by atoms with Gasteiger partial charge in [0.05, 0.1) is 34.8 Å². The Balaban J connectivity index is 1.86. The van der Waals surface area contributed by atoms with E-state index < -0.39 is 0 Å². The number of Topliss-reactive ketones (excluding diaryl/α,β-unsaturated/α-hetero) is 2. The van der Waals surface area contributed by atoms with E-state index in [0.29, 0.717) is 22.3 Å². The number of hydrogen-bond acceptors (Lipinski definition) is 5. The van der Waals surface area contributed by atoms with E-state index in [0.717, 1.165) is 0 Å². The van der Waals surface area contributed by atoms with Crippen LogP contribution in [0.3, 0.4) is 0 Å². The van der Waals surface area contributed by atoms with Crippen molar-refractivity contribution in [2.75, 3.05) is 11.5 Å². The molecule has 2 rings (SSSR count). The summed E-state index contributed by atoms with van der Waals surface area (Å²) < 4.78 is 0. The summed E-state index contributed by atoms with van der Waals surface area (Å²) in [4.78, 5) is 24.0. The molecule has 0 fully saturated rings. The van der Waals surface area contributed by atoms with Crippen molar-refractivity contribution in [2.24, 2.45) is 0 Å². The molecule has 23 heavy (non-hydrogen) atoms. The highest BCUT2D eigenvalue weighted by atomic mass is 32.2. The van der Waals surface area contributed by atoms with E-state index in [4.69, 9.17) is 10.5 Å². The Morgan fingerprint density at radius 2 is 1.09 bits per heavy atom. The van der Waals surface area contributed by atoms with Crippen LogP contribution in [0.4, 0.5) is 0 Å². The third kappa shape index (κ3) is 4.54. The van der Waals surface area contributed by atoms with Crippen molar-refractivity contribution in [1.29, 1.82) is 10.5 Å². The summed E-state index contributed by atoms with van der Waals surface area (Å²) in [5, 5.41) is 17.4. The van der Waals surface area contributed by atoms with Crippen molar-refractivity contribution in [3.05, 3.63) is 70.8 Å². The van der Waals surface area contributed by atoms with Gasteiger partial charge in [0.1, 0.15) is 0 Å². The van der Waals surface area contributed by atoms with Crippen LogP contribution in [0.5, 0.6) is 0 Å². The van der Waals surface area contributed by atoms with Crippen molar-refractivity contribution in [3.63, 3.8) is 0 Å². The fourth-order valence-electron chi connectivity index (χ4n) is 1.86. The molecule has 112 valence electrons. The highest BCUT2D eigenvalue weighted by molar-refractivity contribution is 8.00. The summed E-state index contributed by atoms with van der Waals surface area (Å²) in [6.07, 6.45) is 0. The molecule has 0 radical (unpaired) electrons. The predicted octanol–water partition coefficient (Wildman–Crippen LogP) is 3.23. The van der Waals surface area contributed by atoms with Crippen molar-refractivity contribution in [1.82, 2.24) is 0 Å². The summed E-state index contributed by atoms with van der Waals surface area (Å²) in [5.41, 5.74) is 2.07. The number of nitriles is 2. The van der Waals surface area contributed by atoms with E-state index in [9.17, 15) is 9.59 Å². The smallest absolute Gasteiger partial charge is 0.172 e. The maximum Gasteiger partial charge on any atom is 0.172 e. The van der Waals surface area contributed by atoms with Gasteiger partial charge >= 0.3 is 0 Å². The van der Waals surface area contributed by atoms with Crippen LogP contribution in [0.1, 0.15) is 31.8 Å². The van der Waals surface area contributed by atoms with Crippen LogP contribution in [0.2, 0.25) is 0 Å². The van der Waals surface area contributed by atoms with Gasteiger partial charge in [0.15, 0.2) is 11.6 Å². The highest BCUT2D eigenvalue weighted by Crippen LogP contribution is 2.12. The predicted molar refractivity (Wildman–Crippen MR) is 88.3 cm³/mol. The second-order valence-electron chi connectivity index (χ2n) is 4.72. The molecule has 0 unspecified atom stereocenters. The molecule has 0 aliphatic heterocycles. The molecular formula is C18H12N2O2S. The first-order valence-electron chi connectivity index (χ1n) is 6.78. The third-order valence-corrected chi connectivity index (χ3v) is 4.07. The van der Waals surface area contributed by atoms with Gasteiger partial charge in [-0.05, 0) is 24.3 Å². The lowest BCUT2D eigenvalue weighted by atomic mass is 10.1. The lowest BCUT2D eigenvalue weighted by molar-refractivity contribution is 0.102. The number of thioether (sulfide) groups is 1. The molecule has 0 spiro atoms. The number of nitrogens with zero attached hydrogens (tertiary/aromatic N) is 2. The van der Waals surface area contributed by atoms with E-state index in [1.54, 1.807) is 48.5 Å². The average Bonchev–Trinajstić information content (AvgIpc) is 2.61. The van der Waals surface area contributed by atoms with E-state index in [1.165, 1.54) is 11.8 Å².